The van der Waals surface area contributed by atoms with E-state index in [1.165, 1.54) is 6.07 Å². The Hall–Kier alpha value is -0.790. The summed E-state index contributed by atoms with van der Waals surface area (Å²) >= 11 is 11.8. The van der Waals surface area contributed by atoms with Crippen molar-refractivity contribution in [2.75, 3.05) is 37.5 Å². The minimum atomic E-state index is -1.30. The van der Waals surface area contributed by atoms with Crippen LogP contribution in [0.5, 0.6) is 0 Å². The molecule has 8 heteroatoms. The zero-order chi connectivity index (χ0) is 13.8. The van der Waals surface area contributed by atoms with Gasteiger partial charge in [0.15, 0.2) is 0 Å². The largest absolute Gasteiger partial charge is 0.394 e. The van der Waals surface area contributed by atoms with Crippen molar-refractivity contribution in [2.45, 2.75) is 5.54 Å². The fourth-order valence-corrected chi connectivity index (χ4v) is 1.75. The Morgan fingerprint density at radius 2 is 1.61 bits per heavy atom. The average molecular weight is 296 g/mol. The van der Waals surface area contributed by atoms with Crippen LogP contribution in [0.4, 0.5) is 11.6 Å². The second-order valence-corrected chi connectivity index (χ2v) is 4.59. The van der Waals surface area contributed by atoms with Gasteiger partial charge in [-0.25, -0.2) is 4.98 Å². The third-order valence-corrected chi connectivity index (χ3v) is 3.03. The van der Waals surface area contributed by atoms with Crippen molar-refractivity contribution in [2.24, 2.45) is 0 Å². The van der Waals surface area contributed by atoms with Gasteiger partial charge in [0, 0.05) is 7.05 Å². The van der Waals surface area contributed by atoms with Gasteiger partial charge < -0.3 is 26.0 Å². The fourth-order valence-electron chi connectivity index (χ4n) is 1.25. The maximum absolute atomic E-state index is 9.21. The molecule has 0 aliphatic carbocycles. The van der Waals surface area contributed by atoms with Crippen molar-refractivity contribution < 1.29 is 15.3 Å². The number of nitrogens with zero attached hydrogens (tertiary/aromatic N) is 1. The number of anilines is 2. The number of hydrogen-bond donors (Lipinski definition) is 5. The van der Waals surface area contributed by atoms with E-state index in [1.807, 2.05) is 0 Å². The number of pyridine rings is 1. The first-order chi connectivity index (χ1) is 8.51. The number of aliphatic hydroxyl groups is 3. The molecule has 0 radical (unpaired) electrons. The predicted molar refractivity (Wildman–Crippen MR) is 71.4 cm³/mol. The van der Waals surface area contributed by atoms with Crippen molar-refractivity contribution in [3.05, 3.63) is 16.1 Å². The quantitative estimate of drug-likeness (QED) is 0.526. The molecule has 1 rings (SSSR count). The van der Waals surface area contributed by atoms with Crippen molar-refractivity contribution in [1.82, 2.24) is 4.98 Å². The Morgan fingerprint density at radius 3 is 2.06 bits per heavy atom. The minimum Gasteiger partial charge on any atom is -0.394 e. The molecule has 0 unspecified atom stereocenters. The fraction of sp³-hybridized carbons (Fsp3) is 0.500. The van der Waals surface area contributed by atoms with Crippen LogP contribution in [0.15, 0.2) is 6.07 Å². The zero-order valence-corrected chi connectivity index (χ0v) is 11.3. The van der Waals surface area contributed by atoms with Crippen molar-refractivity contribution in [1.29, 1.82) is 0 Å². The molecule has 1 aromatic rings. The highest BCUT2D eigenvalue weighted by Crippen LogP contribution is 2.30. The van der Waals surface area contributed by atoms with Gasteiger partial charge in [-0.15, -0.1) is 0 Å². The normalized spacial score (nSPS) is 11.4. The molecule has 0 aliphatic heterocycles. The molecule has 0 aliphatic rings. The van der Waals surface area contributed by atoms with Crippen molar-refractivity contribution >= 4 is 34.8 Å². The molecule has 102 valence electrons. The lowest BCUT2D eigenvalue weighted by molar-refractivity contribution is 0.0831. The molecule has 1 heterocycles. The van der Waals surface area contributed by atoms with E-state index in [0.29, 0.717) is 10.8 Å². The molecule has 0 aromatic carbocycles. The lowest BCUT2D eigenvalue weighted by Gasteiger charge is -2.29. The Kier molecular flexibility index (Phi) is 5.43. The lowest BCUT2D eigenvalue weighted by atomic mass is 10.0. The Bertz CT molecular complexity index is 405. The van der Waals surface area contributed by atoms with Crippen molar-refractivity contribution in [3.8, 4) is 0 Å². The molecule has 0 saturated heterocycles. The number of nitrogens with one attached hydrogen (secondary N) is 2. The monoisotopic (exact) mass is 295 g/mol. The highest BCUT2D eigenvalue weighted by Gasteiger charge is 2.29. The molecule has 0 spiro atoms. The summed E-state index contributed by atoms with van der Waals surface area (Å²) in [4.78, 5) is 4.10. The zero-order valence-electron chi connectivity index (χ0n) is 9.74. The second kappa shape index (κ2) is 6.40. The van der Waals surface area contributed by atoms with Crippen LogP contribution in [0.2, 0.25) is 10.0 Å². The van der Waals surface area contributed by atoms with Crippen LogP contribution in [0.3, 0.4) is 0 Å². The van der Waals surface area contributed by atoms with Crippen LogP contribution in [0.1, 0.15) is 0 Å². The van der Waals surface area contributed by atoms with Gasteiger partial charge in [-0.05, 0) is 6.07 Å². The number of aromatic nitrogens is 1. The molecule has 18 heavy (non-hydrogen) atoms. The van der Waals surface area contributed by atoms with E-state index in [0.717, 1.165) is 0 Å². The number of rotatable bonds is 6. The molecule has 5 N–H and O–H groups in total. The average Bonchev–Trinajstić information content (AvgIpc) is 2.38. The Labute approximate surface area is 115 Å². The van der Waals surface area contributed by atoms with E-state index < -0.39 is 25.4 Å². The predicted octanol–water partition coefficient (Wildman–Crippen LogP) is 0.558. The highest BCUT2D eigenvalue weighted by molar-refractivity contribution is 6.37. The summed E-state index contributed by atoms with van der Waals surface area (Å²) in [5.41, 5.74) is -1.30. The summed E-state index contributed by atoms with van der Waals surface area (Å²) in [5.74, 6) is 0.605. The SMILES string of the molecule is CNc1nc(NC(CO)(CO)CO)c(Cl)cc1Cl. The maximum Gasteiger partial charge on any atom is 0.148 e. The van der Waals surface area contributed by atoms with Crippen LogP contribution in [0, 0.1) is 0 Å². The summed E-state index contributed by atoms with van der Waals surface area (Å²) in [6, 6.07) is 1.47. The first kappa shape index (κ1) is 15.3. The second-order valence-electron chi connectivity index (χ2n) is 3.78. The standard InChI is InChI=1S/C10H15Cl2N3O3/c1-13-8-6(11)2-7(12)9(14-8)15-10(3-16,4-17)5-18/h2,16-18H,3-5H2,1H3,(H2,13,14,15). The van der Waals surface area contributed by atoms with Crippen LogP contribution in [-0.2, 0) is 0 Å². The number of aliphatic hydroxyl groups excluding tert-OH is 3. The molecule has 0 saturated carbocycles. The third-order valence-electron chi connectivity index (χ3n) is 2.46. The molecule has 1 aromatic heterocycles. The van der Waals surface area contributed by atoms with Crippen molar-refractivity contribution in [3.63, 3.8) is 0 Å². The summed E-state index contributed by atoms with van der Waals surface area (Å²) in [7, 11) is 1.64. The van der Waals surface area contributed by atoms with Crippen LogP contribution in [-0.4, -0.2) is 52.7 Å². The Morgan fingerprint density at radius 1 is 1.11 bits per heavy atom. The summed E-state index contributed by atoms with van der Waals surface area (Å²) in [6.45, 7) is -1.43. The van der Waals surface area contributed by atoms with Gasteiger partial charge in [0.2, 0.25) is 0 Å². The van der Waals surface area contributed by atoms with Gasteiger partial charge in [-0.3, -0.25) is 0 Å². The molecule has 0 bridgehead atoms. The van der Waals surface area contributed by atoms with E-state index in [9.17, 15) is 15.3 Å². The maximum atomic E-state index is 9.21. The van der Waals surface area contributed by atoms with E-state index >= 15 is 0 Å². The molecule has 0 amide bonds. The molecular formula is C10H15Cl2N3O3. The van der Waals surface area contributed by atoms with Crippen LogP contribution in [0.25, 0.3) is 0 Å². The highest BCUT2D eigenvalue weighted by atomic mass is 35.5. The van der Waals surface area contributed by atoms with E-state index in [1.54, 1.807) is 7.05 Å². The first-order valence-electron chi connectivity index (χ1n) is 5.16. The minimum absolute atomic E-state index is 0.211. The topological polar surface area (TPSA) is 97.6 Å². The van der Waals surface area contributed by atoms with Crippen LogP contribution < -0.4 is 10.6 Å². The van der Waals surface area contributed by atoms with Gasteiger partial charge in [0.25, 0.3) is 0 Å². The third kappa shape index (κ3) is 3.15. The van der Waals surface area contributed by atoms with Gasteiger partial charge in [0.1, 0.15) is 17.2 Å². The van der Waals surface area contributed by atoms with Gasteiger partial charge in [-0.1, -0.05) is 23.2 Å². The number of hydrogen-bond acceptors (Lipinski definition) is 6. The molecule has 0 atom stereocenters. The first-order valence-corrected chi connectivity index (χ1v) is 5.92. The van der Waals surface area contributed by atoms with E-state index in [4.69, 9.17) is 23.2 Å². The molecule has 0 fully saturated rings. The molecule has 6 nitrogen and oxygen atoms in total. The smallest absolute Gasteiger partial charge is 0.148 e. The Balaban J connectivity index is 3.10. The summed E-state index contributed by atoms with van der Waals surface area (Å²) in [6.07, 6.45) is 0. The van der Waals surface area contributed by atoms with E-state index in [-0.39, 0.29) is 10.8 Å². The van der Waals surface area contributed by atoms with Gasteiger partial charge in [-0.2, -0.15) is 0 Å². The summed E-state index contributed by atoms with van der Waals surface area (Å²) < 4.78 is 0. The molecular weight excluding hydrogens is 281 g/mol. The van der Waals surface area contributed by atoms with E-state index in [2.05, 4.69) is 15.6 Å². The van der Waals surface area contributed by atoms with Crippen LogP contribution >= 0.6 is 23.2 Å². The van der Waals surface area contributed by atoms with Gasteiger partial charge in [0.05, 0.1) is 29.9 Å². The number of halogens is 2. The lowest BCUT2D eigenvalue weighted by Crippen LogP contribution is -2.49. The summed E-state index contributed by atoms with van der Waals surface area (Å²) in [5, 5.41) is 33.7. The van der Waals surface area contributed by atoms with Gasteiger partial charge >= 0.3 is 0 Å².